The standard InChI is InChI=1S/C21H15NO3.C21H19NO.C4H8O/c1-25-21-9-5-2-6-14(21)12-19-17-8-4-3-7-16(17)18-11-10-15(22(23)24)13-20(18)19;1-23-21-9-5-2-6-14(21)12-19-17-8-4-3-7-16(17)18-11-10-15(22)13-20(18)19;1-2-4-5-3-1/h2-13H,1H3;2,5-13H,3-4,22H2,1H3;1-4H2. The van der Waals surface area contributed by atoms with Crippen LogP contribution in [0, 0.1) is 10.1 Å². The third kappa shape index (κ3) is 7.43. The highest BCUT2D eigenvalue weighted by molar-refractivity contribution is 6.13. The van der Waals surface area contributed by atoms with Gasteiger partial charge in [-0.3, -0.25) is 10.1 Å². The molecule has 0 amide bonds. The summed E-state index contributed by atoms with van der Waals surface area (Å²) in [6.45, 7) is 2.00. The summed E-state index contributed by atoms with van der Waals surface area (Å²) >= 11 is 0. The lowest BCUT2D eigenvalue weighted by Gasteiger charge is -2.10. The first-order valence-corrected chi connectivity index (χ1v) is 17.9. The van der Waals surface area contributed by atoms with Crippen LogP contribution in [0.1, 0.15) is 59.1 Å². The predicted octanol–water partition coefficient (Wildman–Crippen LogP) is 10.9. The molecule has 266 valence electrons. The molecule has 7 heteroatoms. The molecule has 5 aromatic rings. The number of nitro benzene ring substituents is 1. The van der Waals surface area contributed by atoms with Crippen molar-refractivity contribution in [1.29, 1.82) is 0 Å². The minimum absolute atomic E-state index is 0.0949. The molecule has 0 radical (unpaired) electrons. The minimum atomic E-state index is -0.357. The molecule has 1 heterocycles. The molecule has 53 heavy (non-hydrogen) atoms. The Bertz CT molecular complexity index is 2290. The average Bonchev–Trinajstić information content (AvgIpc) is 3.95. The Morgan fingerprint density at radius 2 is 1.17 bits per heavy atom. The number of fused-ring (bicyclic) bond motifs is 6. The van der Waals surface area contributed by atoms with Crippen molar-refractivity contribution >= 4 is 40.2 Å². The molecule has 1 saturated heterocycles. The van der Waals surface area contributed by atoms with E-state index in [4.69, 9.17) is 19.9 Å². The summed E-state index contributed by atoms with van der Waals surface area (Å²) in [4.78, 5) is 10.8. The van der Waals surface area contributed by atoms with E-state index in [0.717, 1.165) is 82.2 Å². The van der Waals surface area contributed by atoms with Crippen LogP contribution in [0.4, 0.5) is 11.4 Å². The Morgan fingerprint density at radius 1 is 0.623 bits per heavy atom. The molecular formula is C46H42N2O5. The van der Waals surface area contributed by atoms with Crippen LogP contribution in [0.15, 0.2) is 127 Å². The number of nitro groups is 1. The molecule has 7 nitrogen and oxygen atoms in total. The zero-order chi connectivity index (χ0) is 36.7. The third-order valence-electron chi connectivity index (χ3n) is 9.78. The van der Waals surface area contributed by atoms with Crippen molar-refractivity contribution in [1.82, 2.24) is 0 Å². The number of anilines is 1. The monoisotopic (exact) mass is 702 g/mol. The lowest BCUT2D eigenvalue weighted by Crippen LogP contribution is -1.90. The van der Waals surface area contributed by atoms with E-state index in [0.29, 0.717) is 0 Å². The molecule has 1 aliphatic heterocycles. The molecule has 9 rings (SSSR count). The molecule has 1 fully saturated rings. The predicted molar refractivity (Wildman–Crippen MR) is 216 cm³/mol. The summed E-state index contributed by atoms with van der Waals surface area (Å²) < 4.78 is 15.9. The number of non-ortho nitro benzene ring substituents is 1. The number of rotatable bonds is 5. The van der Waals surface area contributed by atoms with Gasteiger partial charge < -0.3 is 19.9 Å². The van der Waals surface area contributed by atoms with Gasteiger partial charge in [0.05, 0.1) is 19.1 Å². The molecule has 0 bridgehead atoms. The molecular weight excluding hydrogens is 661 g/mol. The first-order chi connectivity index (χ1) is 26.0. The lowest BCUT2D eigenvalue weighted by atomic mass is 9.95. The fourth-order valence-electron chi connectivity index (χ4n) is 7.26. The van der Waals surface area contributed by atoms with Crippen molar-refractivity contribution in [2.75, 3.05) is 33.2 Å². The smallest absolute Gasteiger partial charge is 0.270 e. The van der Waals surface area contributed by atoms with Crippen molar-refractivity contribution < 1.29 is 19.1 Å². The quantitative estimate of drug-likeness (QED) is 0.109. The summed E-state index contributed by atoms with van der Waals surface area (Å²) in [7, 11) is 3.35. The maximum absolute atomic E-state index is 11.2. The van der Waals surface area contributed by atoms with E-state index in [1.165, 1.54) is 40.7 Å². The van der Waals surface area contributed by atoms with E-state index in [9.17, 15) is 10.1 Å². The van der Waals surface area contributed by atoms with Crippen LogP contribution in [0.2, 0.25) is 0 Å². The van der Waals surface area contributed by atoms with Crippen molar-refractivity contribution in [2.45, 2.75) is 25.7 Å². The van der Waals surface area contributed by atoms with Gasteiger partial charge in [-0.05, 0) is 124 Å². The maximum Gasteiger partial charge on any atom is 0.270 e. The van der Waals surface area contributed by atoms with E-state index in [1.54, 1.807) is 26.4 Å². The van der Waals surface area contributed by atoms with Crippen molar-refractivity contribution in [3.63, 3.8) is 0 Å². The van der Waals surface area contributed by atoms with Gasteiger partial charge >= 0.3 is 0 Å². The van der Waals surface area contributed by atoms with E-state index in [1.807, 2.05) is 84.9 Å². The maximum atomic E-state index is 11.2. The molecule has 0 atom stereocenters. The number of methoxy groups -OCH3 is 2. The van der Waals surface area contributed by atoms with Gasteiger partial charge in [-0.2, -0.15) is 0 Å². The number of benzene rings is 5. The first-order valence-electron chi connectivity index (χ1n) is 17.9. The molecule has 5 aromatic carbocycles. The van der Waals surface area contributed by atoms with Crippen LogP contribution in [-0.2, 0) is 4.74 Å². The molecule has 4 aliphatic rings. The van der Waals surface area contributed by atoms with Gasteiger partial charge in [-0.1, -0.05) is 78.9 Å². The summed E-state index contributed by atoms with van der Waals surface area (Å²) in [5, 5.41) is 11.2. The number of nitrogens with two attached hydrogens (primary N) is 1. The second kappa shape index (κ2) is 16.0. The van der Waals surface area contributed by atoms with E-state index < -0.39 is 0 Å². The van der Waals surface area contributed by atoms with Crippen LogP contribution in [0.3, 0.4) is 0 Å². The summed E-state index contributed by atoms with van der Waals surface area (Å²) in [6, 6.07) is 35.1. The van der Waals surface area contributed by atoms with Crippen LogP contribution in [-0.4, -0.2) is 32.4 Å². The molecule has 2 N–H and O–H groups in total. The number of hydrogen-bond acceptors (Lipinski definition) is 6. The number of nitrogens with zero attached hydrogens (tertiary/aromatic N) is 1. The lowest BCUT2D eigenvalue weighted by molar-refractivity contribution is -0.384. The molecule has 3 aliphatic carbocycles. The minimum Gasteiger partial charge on any atom is -0.496 e. The summed E-state index contributed by atoms with van der Waals surface area (Å²) in [5.41, 5.74) is 20.4. The van der Waals surface area contributed by atoms with Gasteiger partial charge in [0.25, 0.3) is 5.69 Å². The Balaban J connectivity index is 0.000000145. The molecule has 0 saturated carbocycles. The van der Waals surface area contributed by atoms with Crippen molar-refractivity contribution in [3.05, 3.63) is 170 Å². The third-order valence-corrected chi connectivity index (χ3v) is 9.78. The van der Waals surface area contributed by atoms with Gasteiger partial charge in [0, 0.05) is 42.2 Å². The Labute approximate surface area is 310 Å². The number of nitrogen functional groups attached to an aromatic ring is 1. The SMILES string of the molecule is C1CCOC1.COc1ccccc1C=C1C2=CCCC=C2c2ccc(N)cc21.COc1ccccc1C=C1c2ccccc2-c2ccc([N+](=O)[O-])cc21. The van der Waals surface area contributed by atoms with Gasteiger partial charge in [0.1, 0.15) is 11.5 Å². The van der Waals surface area contributed by atoms with Crippen LogP contribution < -0.4 is 15.2 Å². The molecule has 0 aromatic heterocycles. The zero-order valence-electron chi connectivity index (χ0n) is 30.0. The second-order valence-electron chi connectivity index (χ2n) is 13.1. The Kier molecular flexibility index (Phi) is 10.6. The number of hydrogen-bond donors (Lipinski definition) is 1. The topological polar surface area (TPSA) is 96.9 Å². The van der Waals surface area contributed by atoms with E-state index in [-0.39, 0.29) is 10.6 Å². The molecule has 0 unspecified atom stereocenters. The van der Waals surface area contributed by atoms with Crippen LogP contribution in [0.5, 0.6) is 11.5 Å². The molecule has 0 spiro atoms. The van der Waals surface area contributed by atoms with Gasteiger partial charge in [0.2, 0.25) is 0 Å². The van der Waals surface area contributed by atoms with E-state index >= 15 is 0 Å². The Morgan fingerprint density at radius 3 is 1.79 bits per heavy atom. The number of ether oxygens (including phenoxy) is 3. The van der Waals surface area contributed by atoms with Gasteiger partial charge in [-0.25, -0.2) is 0 Å². The summed E-state index contributed by atoms with van der Waals surface area (Å²) in [6.07, 6.45) is 13.7. The van der Waals surface area contributed by atoms with E-state index in [2.05, 4.69) is 36.4 Å². The highest BCUT2D eigenvalue weighted by Crippen LogP contribution is 2.49. The van der Waals surface area contributed by atoms with Crippen molar-refractivity contribution in [2.24, 2.45) is 0 Å². The summed E-state index contributed by atoms with van der Waals surface area (Å²) in [5.74, 6) is 1.66. The largest absolute Gasteiger partial charge is 0.496 e. The highest BCUT2D eigenvalue weighted by atomic mass is 16.6. The fraction of sp³-hybridized carbons (Fsp3) is 0.174. The Hall–Kier alpha value is -6.18. The normalized spacial score (nSPS) is 16.1. The average molecular weight is 703 g/mol. The van der Waals surface area contributed by atoms with Crippen LogP contribution in [0.25, 0.3) is 40.0 Å². The number of allylic oxidation sites excluding steroid dienone is 5. The fourth-order valence-corrected chi connectivity index (χ4v) is 7.26. The first kappa shape index (κ1) is 35.2. The second-order valence-corrected chi connectivity index (χ2v) is 13.1. The van der Waals surface area contributed by atoms with Gasteiger partial charge in [-0.15, -0.1) is 0 Å². The van der Waals surface area contributed by atoms with Gasteiger partial charge in [0.15, 0.2) is 0 Å². The number of para-hydroxylation sites is 2. The van der Waals surface area contributed by atoms with Crippen molar-refractivity contribution in [3.8, 4) is 22.6 Å². The zero-order valence-corrected chi connectivity index (χ0v) is 30.0. The van der Waals surface area contributed by atoms with Crippen LogP contribution >= 0.6 is 0 Å². The highest BCUT2D eigenvalue weighted by Gasteiger charge is 2.28.